The van der Waals surface area contributed by atoms with Crippen LogP contribution >= 0.6 is 0 Å². The van der Waals surface area contributed by atoms with E-state index < -0.39 is 0 Å². The molecule has 1 N–H and O–H groups in total. The fourth-order valence-corrected chi connectivity index (χ4v) is 1.59. The van der Waals surface area contributed by atoms with Crippen molar-refractivity contribution in [2.45, 2.75) is 13.8 Å². The number of rotatable bonds is 3. The number of nitrogens with zero attached hydrogens (tertiary/aromatic N) is 4. The maximum Gasteiger partial charge on any atom is 0.226 e. The fourth-order valence-electron chi connectivity index (χ4n) is 1.59. The summed E-state index contributed by atoms with van der Waals surface area (Å²) in [6, 6.07) is 5.98. The summed E-state index contributed by atoms with van der Waals surface area (Å²) in [6.45, 7) is 4.10. The van der Waals surface area contributed by atoms with Crippen LogP contribution in [0.1, 0.15) is 11.4 Å². The van der Waals surface area contributed by atoms with E-state index in [1.54, 1.807) is 6.20 Å². The van der Waals surface area contributed by atoms with Gasteiger partial charge in [-0.15, -0.1) is 0 Å². The summed E-state index contributed by atoms with van der Waals surface area (Å²) >= 11 is 0. The van der Waals surface area contributed by atoms with Gasteiger partial charge in [-0.1, -0.05) is 0 Å². The molecule has 5 nitrogen and oxygen atoms in total. The van der Waals surface area contributed by atoms with Crippen LogP contribution in [0.15, 0.2) is 24.4 Å². The Kier molecular flexibility index (Phi) is 2.99. The Morgan fingerprint density at radius 2 is 1.76 bits per heavy atom. The van der Waals surface area contributed by atoms with Gasteiger partial charge in [0.05, 0.1) is 0 Å². The van der Waals surface area contributed by atoms with Crippen molar-refractivity contribution in [3.8, 4) is 0 Å². The van der Waals surface area contributed by atoms with Gasteiger partial charge in [-0.2, -0.15) is 4.98 Å². The number of aryl methyl sites for hydroxylation is 2. The molecule has 0 amide bonds. The van der Waals surface area contributed by atoms with E-state index in [9.17, 15) is 0 Å². The Labute approximate surface area is 101 Å². The molecule has 0 bridgehead atoms. The maximum atomic E-state index is 4.41. The predicted octanol–water partition coefficient (Wildman–Crippen LogP) is 1.84. The molecule has 2 aromatic rings. The molecule has 2 aromatic heterocycles. The van der Waals surface area contributed by atoms with Crippen molar-refractivity contribution in [2.75, 3.05) is 24.4 Å². The van der Waals surface area contributed by atoms with Crippen molar-refractivity contribution in [3.05, 3.63) is 35.8 Å². The van der Waals surface area contributed by atoms with Crippen molar-refractivity contribution < 1.29 is 0 Å². The van der Waals surface area contributed by atoms with E-state index in [0.717, 1.165) is 17.2 Å². The predicted molar refractivity (Wildman–Crippen MR) is 69.3 cm³/mol. The van der Waals surface area contributed by atoms with E-state index in [4.69, 9.17) is 0 Å². The Balaban J connectivity index is 2.27. The van der Waals surface area contributed by atoms with Gasteiger partial charge >= 0.3 is 0 Å². The Morgan fingerprint density at radius 3 is 2.35 bits per heavy atom. The highest BCUT2D eigenvalue weighted by molar-refractivity contribution is 5.41. The Bertz CT molecular complexity index is 496. The first kappa shape index (κ1) is 11.4. The van der Waals surface area contributed by atoms with Crippen LogP contribution in [0.5, 0.6) is 0 Å². The van der Waals surface area contributed by atoms with Crippen molar-refractivity contribution in [3.63, 3.8) is 0 Å². The van der Waals surface area contributed by atoms with Crippen molar-refractivity contribution in [2.24, 2.45) is 0 Å². The highest BCUT2D eigenvalue weighted by Crippen LogP contribution is 2.11. The zero-order valence-electron chi connectivity index (χ0n) is 10.6. The molecular formula is C12H17N5. The largest absolute Gasteiger partial charge is 0.347 e. The van der Waals surface area contributed by atoms with Gasteiger partial charge in [0.2, 0.25) is 5.95 Å². The van der Waals surface area contributed by atoms with Gasteiger partial charge in [0, 0.05) is 37.7 Å². The molecule has 0 radical (unpaired) electrons. The minimum atomic E-state index is 0.692. The zero-order valence-corrected chi connectivity index (χ0v) is 10.6. The number of aromatic nitrogens is 3. The van der Waals surface area contributed by atoms with Crippen LogP contribution in [-0.2, 0) is 0 Å². The van der Waals surface area contributed by atoms with Gasteiger partial charge in [0.15, 0.2) is 5.82 Å². The molecule has 90 valence electrons. The van der Waals surface area contributed by atoms with Gasteiger partial charge in [0.25, 0.3) is 0 Å². The summed E-state index contributed by atoms with van der Waals surface area (Å²) in [5.41, 5.74) is 5.55. The van der Waals surface area contributed by atoms with Crippen molar-refractivity contribution in [1.29, 1.82) is 0 Å². The summed E-state index contributed by atoms with van der Waals surface area (Å²) in [4.78, 5) is 10.5. The lowest BCUT2D eigenvalue weighted by Crippen LogP contribution is -2.16. The highest BCUT2D eigenvalue weighted by atomic mass is 15.4. The standard InChI is InChI=1S/C12H17N5/c1-9-5-6-10(2)17(9)15-11-7-8-13-12(14-11)16(3)4/h5-8H,1-4H3,(H,13,14,15). The van der Waals surface area contributed by atoms with Crippen LogP contribution in [0.4, 0.5) is 11.8 Å². The van der Waals surface area contributed by atoms with Crippen LogP contribution in [-0.4, -0.2) is 28.7 Å². The van der Waals surface area contributed by atoms with Crippen LogP contribution in [0.3, 0.4) is 0 Å². The smallest absolute Gasteiger partial charge is 0.226 e. The molecule has 0 saturated carbocycles. The average molecular weight is 231 g/mol. The normalized spacial score (nSPS) is 10.4. The van der Waals surface area contributed by atoms with Gasteiger partial charge in [0.1, 0.15) is 0 Å². The first-order chi connectivity index (χ1) is 8.08. The third-order valence-electron chi connectivity index (χ3n) is 2.54. The third-order valence-corrected chi connectivity index (χ3v) is 2.54. The van der Waals surface area contributed by atoms with E-state index in [1.165, 1.54) is 0 Å². The molecule has 0 fully saturated rings. The number of nitrogens with one attached hydrogen (secondary N) is 1. The molecule has 2 rings (SSSR count). The van der Waals surface area contributed by atoms with Gasteiger partial charge in [-0.25, -0.2) is 4.98 Å². The minimum absolute atomic E-state index is 0.692. The minimum Gasteiger partial charge on any atom is -0.347 e. The van der Waals surface area contributed by atoms with Crippen LogP contribution in [0, 0.1) is 13.8 Å². The number of anilines is 2. The second-order valence-electron chi connectivity index (χ2n) is 4.20. The first-order valence-electron chi connectivity index (χ1n) is 5.50. The SMILES string of the molecule is Cc1ccc(C)n1Nc1ccnc(N(C)C)n1. The third kappa shape index (κ3) is 2.38. The van der Waals surface area contributed by atoms with Crippen molar-refractivity contribution >= 4 is 11.8 Å². The van der Waals surface area contributed by atoms with E-state index in [0.29, 0.717) is 5.95 Å². The molecule has 0 saturated heterocycles. The van der Waals surface area contributed by atoms with Gasteiger partial charge in [-0.3, -0.25) is 10.1 Å². The summed E-state index contributed by atoms with van der Waals surface area (Å²) in [7, 11) is 3.84. The van der Waals surface area contributed by atoms with Crippen LogP contribution in [0.2, 0.25) is 0 Å². The van der Waals surface area contributed by atoms with E-state index in [2.05, 4.69) is 27.5 Å². The lowest BCUT2D eigenvalue weighted by molar-refractivity contribution is 0.864. The summed E-state index contributed by atoms with van der Waals surface area (Å²) in [5, 5.41) is 0. The number of hydrogen-bond acceptors (Lipinski definition) is 4. The van der Waals surface area contributed by atoms with Gasteiger partial charge < -0.3 is 4.90 Å². The van der Waals surface area contributed by atoms with E-state index in [-0.39, 0.29) is 0 Å². The van der Waals surface area contributed by atoms with E-state index >= 15 is 0 Å². The summed E-state index contributed by atoms with van der Waals surface area (Å²) < 4.78 is 2.00. The average Bonchev–Trinajstić information content (AvgIpc) is 2.61. The molecule has 0 atom stereocenters. The monoisotopic (exact) mass is 231 g/mol. The maximum absolute atomic E-state index is 4.41. The topological polar surface area (TPSA) is 46.0 Å². The molecule has 0 aliphatic rings. The number of hydrogen-bond donors (Lipinski definition) is 1. The molecular weight excluding hydrogens is 214 g/mol. The molecule has 0 spiro atoms. The fraction of sp³-hybridized carbons (Fsp3) is 0.333. The molecule has 0 aliphatic heterocycles. The Hall–Kier alpha value is -2.04. The van der Waals surface area contributed by atoms with Crippen LogP contribution in [0.25, 0.3) is 0 Å². The molecule has 0 aromatic carbocycles. The lowest BCUT2D eigenvalue weighted by Gasteiger charge is -2.14. The van der Waals surface area contributed by atoms with E-state index in [1.807, 2.05) is 43.6 Å². The molecule has 2 heterocycles. The van der Waals surface area contributed by atoms with Gasteiger partial charge in [-0.05, 0) is 26.0 Å². The second kappa shape index (κ2) is 4.45. The van der Waals surface area contributed by atoms with Crippen LogP contribution < -0.4 is 10.3 Å². The Morgan fingerprint density at radius 1 is 1.12 bits per heavy atom. The summed E-state index contributed by atoms with van der Waals surface area (Å²) in [6.07, 6.45) is 1.75. The highest BCUT2D eigenvalue weighted by Gasteiger charge is 2.04. The molecule has 0 aliphatic carbocycles. The molecule has 0 unspecified atom stereocenters. The summed E-state index contributed by atoms with van der Waals surface area (Å²) in [5.74, 6) is 1.48. The molecule has 17 heavy (non-hydrogen) atoms. The lowest BCUT2D eigenvalue weighted by atomic mass is 10.5. The van der Waals surface area contributed by atoms with Crippen molar-refractivity contribution in [1.82, 2.24) is 14.6 Å². The quantitative estimate of drug-likeness (QED) is 0.875. The first-order valence-corrected chi connectivity index (χ1v) is 5.50. The second-order valence-corrected chi connectivity index (χ2v) is 4.20. The zero-order chi connectivity index (χ0) is 12.4. The molecule has 5 heteroatoms.